The molecule has 3 N–H and O–H groups in total. The summed E-state index contributed by atoms with van der Waals surface area (Å²) in [6, 6.07) is 0. The van der Waals surface area contributed by atoms with Crippen LogP contribution < -0.4 is 5.56 Å². The van der Waals surface area contributed by atoms with Crippen molar-refractivity contribution in [2.24, 2.45) is 0 Å². The van der Waals surface area contributed by atoms with Crippen molar-refractivity contribution in [3.63, 3.8) is 0 Å². The minimum Gasteiger partial charge on any atom is -0.394 e. The van der Waals surface area contributed by atoms with Crippen LogP contribution >= 0.6 is 22.6 Å². The van der Waals surface area contributed by atoms with Crippen molar-refractivity contribution in [1.29, 1.82) is 0 Å². The van der Waals surface area contributed by atoms with Gasteiger partial charge < -0.3 is 24.5 Å². The van der Waals surface area contributed by atoms with Crippen molar-refractivity contribution >= 4 is 33.6 Å². The second-order valence-corrected chi connectivity index (χ2v) is 5.66. The highest BCUT2D eigenvalue weighted by molar-refractivity contribution is 14.1. The van der Waals surface area contributed by atoms with E-state index in [0.29, 0.717) is 14.6 Å². The summed E-state index contributed by atoms with van der Waals surface area (Å²) in [5.41, 5.74) is -0.0193. The second kappa shape index (κ2) is 5.06. The van der Waals surface area contributed by atoms with Crippen molar-refractivity contribution in [3.05, 3.63) is 26.4 Å². The van der Waals surface area contributed by atoms with Crippen LogP contribution in [0.15, 0.2) is 17.3 Å². The molecule has 4 atom stereocenters. The van der Waals surface area contributed by atoms with E-state index < -0.39 is 31.2 Å². The molecule has 20 heavy (non-hydrogen) atoms. The van der Waals surface area contributed by atoms with E-state index in [0.717, 1.165) is 0 Å². The molecule has 1 aliphatic rings. The zero-order valence-corrected chi connectivity index (χ0v) is 12.2. The maximum atomic E-state index is 13.8. The molecular weight excluding hydrogens is 384 g/mol. The van der Waals surface area contributed by atoms with E-state index in [9.17, 15) is 14.3 Å². The van der Waals surface area contributed by atoms with Crippen LogP contribution in [0, 0.1) is 3.57 Å². The van der Waals surface area contributed by atoms with Crippen LogP contribution in [-0.2, 0) is 4.74 Å². The molecule has 0 unspecified atom stereocenters. The fraction of sp³-hybridized carbons (Fsp3) is 0.455. The van der Waals surface area contributed by atoms with Crippen LogP contribution in [0.2, 0.25) is 0 Å². The monoisotopic (exact) mass is 395 g/mol. The quantitative estimate of drug-likeness (QED) is 0.618. The van der Waals surface area contributed by atoms with Gasteiger partial charge in [-0.1, -0.05) is 0 Å². The van der Waals surface area contributed by atoms with Crippen molar-refractivity contribution in [2.75, 3.05) is 6.61 Å². The highest BCUT2D eigenvalue weighted by Crippen LogP contribution is 2.34. The van der Waals surface area contributed by atoms with Gasteiger partial charge in [-0.15, -0.1) is 0 Å². The first-order chi connectivity index (χ1) is 9.54. The van der Waals surface area contributed by atoms with Crippen molar-refractivity contribution in [3.8, 4) is 0 Å². The molecule has 108 valence electrons. The Morgan fingerprint density at radius 1 is 1.60 bits per heavy atom. The highest BCUT2D eigenvalue weighted by Gasteiger charge is 2.45. The Balaban J connectivity index is 2.12. The van der Waals surface area contributed by atoms with Gasteiger partial charge in [-0.2, -0.15) is 0 Å². The van der Waals surface area contributed by atoms with E-state index in [4.69, 9.17) is 9.84 Å². The standard InChI is InChI=1S/C11H11FIN3O4/c12-7-5(2-17)20-11(8(7)18)16-1-4(13)6-9(16)14-3-15-10(6)19/h1,3,5,7-8,11,17-18H,2H2,(H,14,15,19)/t5-,7-,8-,11-/m1/s1. The number of fused-ring (bicyclic) bond motifs is 1. The van der Waals surface area contributed by atoms with Gasteiger partial charge in [0.1, 0.15) is 12.2 Å². The highest BCUT2D eigenvalue weighted by atomic mass is 127. The normalized spacial score (nSPS) is 30.2. The minimum atomic E-state index is -1.69. The molecule has 2 aromatic rings. The Labute approximate surface area is 125 Å². The van der Waals surface area contributed by atoms with Gasteiger partial charge >= 0.3 is 0 Å². The average Bonchev–Trinajstić information content (AvgIpc) is 2.90. The molecule has 0 aliphatic carbocycles. The van der Waals surface area contributed by atoms with E-state index >= 15 is 0 Å². The zero-order chi connectivity index (χ0) is 14.4. The maximum Gasteiger partial charge on any atom is 0.261 e. The summed E-state index contributed by atoms with van der Waals surface area (Å²) >= 11 is 1.96. The molecule has 1 saturated heterocycles. The number of alkyl halides is 1. The third kappa shape index (κ3) is 1.96. The molecule has 2 aromatic heterocycles. The predicted molar refractivity (Wildman–Crippen MR) is 75.0 cm³/mol. The van der Waals surface area contributed by atoms with E-state index in [1.165, 1.54) is 10.9 Å². The molecular formula is C11H11FIN3O4. The Morgan fingerprint density at radius 3 is 3.00 bits per heavy atom. The number of nitrogens with zero attached hydrogens (tertiary/aromatic N) is 2. The van der Waals surface area contributed by atoms with Gasteiger partial charge in [0.15, 0.2) is 18.0 Å². The number of aromatic nitrogens is 3. The van der Waals surface area contributed by atoms with Crippen LogP contribution in [0.25, 0.3) is 11.0 Å². The molecule has 3 heterocycles. The van der Waals surface area contributed by atoms with Gasteiger partial charge in [-0.05, 0) is 22.6 Å². The summed E-state index contributed by atoms with van der Waals surface area (Å²) in [4.78, 5) is 18.3. The van der Waals surface area contributed by atoms with E-state index in [1.807, 2.05) is 22.6 Å². The lowest BCUT2D eigenvalue weighted by molar-refractivity contribution is -0.0493. The number of nitrogens with one attached hydrogen (secondary N) is 1. The number of aliphatic hydroxyl groups is 2. The van der Waals surface area contributed by atoms with Crippen molar-refractivity contribution in [1.82, 2.24) is 14.5 Å². The van der Waals surface area contributed by atoms with Gasteiger partial charge in [-0.3, -0.25) is 4.79 Å². The maximum absolute atomic E-state index is 13.8. The number of aliphatic hydroxyl groups excluding tert-OH is 2. The van der Waals surface area contributed by atoms with E-state index in [2.05, 4.69) is 9.97 Å². The minimum absolute atomic E-state index is 0.299. The number of H-pyrrole nitrogens is 1. The number of aromatic amines is 1. The number of ether oxygens (including phenoxy) is 1. The Kier molecular flexibility index (Phi) is 3.52. The zero-order valence-electron chi connectivity index (χ0n) is 10.0. The predicted octanol–water partition coefficient (Wildman–Crippen LogP) is -0.0821. The molecule has 0 amide bonds. The summed E-state index contributed by atoms with van der Waals surface area (Å²) in [7, 11) is 0. The smallest absolute Gasteiger partial charge is 0.261 e. The number of halogens is 2. The number of rotatable bonds is 2. The van der Waals surface area contributed by atoms with Gasteiger partial charge in [0.25, 0.3) is 5.56 Å². The molecule has 0 spiro atoms. The average molecular weight is 395 g/mol. The topological polar surface area (TPSA) is 100 Å². The molecule has 0 bridgehead atoms. The fourth-order valence-corrected chi connectivity index (χ4v) is 3.12. The summed E-state index contributed by atoms with van der Waals surface area (Å²) < 4.78 is 21.1. The molecule has 3 rings (SSSR count). The fourth-order valence-electron chi connectivity index (χ4n) is 2.33. The molecule has 0 aromatic carbocycles. The third-order valence-electron chi connectivity index (χ3n) is 3.31. The number of hydrogen-bond donors (Lipinski definition) is 3. The van der Waals surface area contributed by atoms with Crippen molar-refractivity contribution < 1.29 is 19.3 Å². The first-order valence-electron chi connectivity index (χ1n) is 5.86. The van der Waals surface area contributed by atoms with Gasteiger partial charge in [-0.25, -0.2) is 9.37 Å². The first kappa shape index (κ1) is 13.9. The van der Waals surface area contributed by atoms with Gasteiger partial charge in [0, 0.05) is 9.77 Å². The van der Waals surface area contributed by atoms with Crippen molar-refractivity contribution in [2.45, 2.75) is 24.6 Å². The number of hydrogen-bond acceptors (Lipinski definition) is 5. The van der Waals surface area contributed by atoms with Gasteiger partial charge in [0.05, 0.1) is 18.3 Å². The lowest BCUT2D eigenvalue weighted by Gasteiger charge is -2.16. The summed E-state index contributed by atoms with van der Waals surface area (Å²) in [6.45, 7) is -0.529. The van der Waals surface area contributed by atoms with Crippen LogP contribution in [0.5, 0.6) is 0 Å². The molecule has 7 nitrogen and oxygen atoms in total. The molecule has 0 radical (unpaired) electrons. The Morgan fingerprint density at radius 2 is 2.35 bits per heavy atom. The summed E-state index contributed by atoms with van der Waals surface area (Å²) in [6.07, 6.45) is -2.45. The second-order valence-electron chi connectivity index (χ2n) is 4.50. The Bertz CT molecular complexity index is 703. The third-order valence-corrected chi connectivity index (χ3v) is 4.13. The van der Waals surface area contributed by atoms with Crippen LogP contribution in [0.1, 0.15) is 6.23 Å². The van der Waals surface area contributed by atoms with Crippen LogP contribution in [0.4, 0.5) is 4.39 Å². The summed E-state index contributed by atoms with van der Waals surface area (Å²) in [5, 5.41) is 19.3. The largest absolute Gasteiger partial charge is 0.394 e. The first-order valence-corrected chi connectivity index (χ1v) is 6.94. The van der Waals surface area contributed by atoms with Crippen LogP contribution in [-0.4, -0.2) is 49.7 Å². The lowest BCUT2D eigenvalue weighted by atomic mass is 10.1. The molecule has 1 aliphatic heterocycles. The molecule has 1 fully saturated rings. The molecule has 9 heteroatoms. The van der Waals surface area contributed by atoms with Gasteiger partial charge in [0.2, 0.25) is 0 Å². The van der Waals surface area contributed by atoms with E-state index in [-0.39, 0.29) is 5.56 Å². The lowest BCUT2D eigenvalue weighted by Crippen LogP contribution is -2.29. The Hall–Kier alpha value is -1.04. The summed E-state index contributed by atoms with van der Waals surface area (Å²) in [5.74, 6) is 0. The van der Waals surface area contributed by atoms with E-state index in [1.54, 1.807) is 6.20 Å². The SMILES string of the molecule is O=c1[nH]cnc2c1c(I)cn2[C@@H]1O[C@H](CO)[C@@H](F)[C@H]1O. The van der Waals surface area contributed by atoms with Crippen LogP contribution in [0.3, 0.4) is 0 Å². The molecule has 0 saturated carbocycles.